The van der Waals surface area contributed by atoms with Crippen LogP contribution in [0.3, 0.4) is 0 Å². The summed E-state index contributed by atoms with van der Waals surface area (Å²) in [7, 11) is 0. The van der Waals surface area contributed by atoms with Crippen LogP contribution in [-0.4, -0.2) is 87.3 Å². The smallest absolute Gasteiger partial charge is 0.305 e. The molecule has 13 heteroatoms. The molecule has 0 unspecified atom stereocenters. The Balaban J connectivity index is -0.000000297. The molecule has 13 nitrogen and oxygen atoms in total. The Kier molecular flexibility index (Phi) is 39.1. The van der Waals surface area contributed by atoms with Gasteiger partial charge >= 0.3 is 29.8 Å². The van der Waals surface area contributed by atoms with E-state index >= 15 is 0 Å². The summed E-state index contributed by atoms with van der Waals surface area (Å²) in [5.74, 6) is -3.21. The summed E-state index contributed by atoms with van der Waals surface area (Å²) >= 11 is 0. The number of esters is 2. The van der Waals surface area contributed by atoms with Crippen molar-refractivity contribution in [2.45, 2.75) is 110 Å². The number of aliphatic hydroxyl groups excluding tert-OH is 2. The maximum Gasteiger partial charge on any atom is 0.305 e. The van der Waals surface area contributed by atoms with Crippen LogP contribution in [0.4, 0.5) is 0 Å². The van der Waals surface area contributed by atoms with Crippen molar-refractivity contribution in [3.8, 4) is 0 Å². The molecule has 0 aromatic heterocycles. The molecule has 0 heterocycles. The summed E-state index contributed by atoms with van der Waals surface area (Å²) < 4.78 is 9.90. The fraction of sp³-hybridized carbons (Fsp3) is 0.808. The van der Waals surface area contributed by atoms with Crippen molar-refractivity contribution in [2.75, 3.05) is 26.4 Å². The molecule has 0 aliphatic rings. The average molecular weight is 571 g/mol. The highest BCUT2D eigenvalue weighted by Crippen LogP contribution is 2.05. The van der Waals surface area contributed by atoms with E-state index in [-0.39, 0.29) is 62.7 Å². The third kappa shape index (κ3) is 48.8. The third-order valence-corrected chi connectivity index (χ3v) is 4.67. The lowest BCUT2D eigenvalue weighted by molar-refractivity contribution is -0.146. The van der Waals surface area contributed by atoms with Crippen molar-refractivity contribution in [3.63, 3.8) is 0 Å². The zero-order chi connectivity index (χ0) is 29.4. The van der Waals surface area contributed by atoms with Gasteiger partial charge in [-0.1, -0.05) is 19.8 Å². The van der Waals surface area contributed by atoms with Gasteiger partial charge in [-0.3, -0.25) is 24.0 Å². The molecule has 7 N–H and O–H groups in total. The number of carbonyl (C=O) groups is 5. The molecule has 0 aliphatic carbocycles. The number of unbranched alkanes of at least 4 members (excludes halogenated alkanes) is 6. The van der Waals surface area contributed by atoms with Gasteiger partial charge in [0.1, 0.15) is 0 Å². The molecular formula is C26H50O13. The van der Waals surface area contributed by atoms with Crippen LogP contribution in [-0.2, 0) is 33.4 Å². The van der Waals surface area contributed by atoms with Gasteiger partial charge < -0.3 is 40.5 Å². The molecule has 0 rings (SSSR count). The normalized spacial score (nSPS) is 9.51. The van der Waals surface area contributed by atoms with Crippen LogP contribution in [0.1, 0.15) is 110 Å². The van der Waals surface area contributed by atoms with E-state index in [1.807, 2.05) is 0 Å². The van der Waals surface area contributed by atoms with Crippen LogP contribution in [0.2, 0.25) is 0 Å². The number of carboxylic acid groups (broad SMARTS) is 3. The second-order valence-corrected chi connectivity index (χ2v) is 8.35. The first-order valence-corrected chi connectivity index (χ1v) is 13.3. The number of rotatable bonds is 22. The number of aliphatic hydroxyl groups is 2. The quantitative estimate of drug-likeness (QED) is 0.0932. The molecule has 0 atom stereocenters. The fourth-order valence-corrected chi connectivity index (χ4v) is 2.56. The fourth-order valence-electron chi connectivity index (χ4n) is 2.56. The molecule has 0 fully saturated rings. The molecule has 0 aliphatic heterocycles. The maximum atomic E-state index is 11.4. The highest BCUT2D eigenvalue weighted by molar-refractivity contribution is 5.70. The molecule has 0 saturated carbocycles. The van der Waals surface area contributed by atoms with Crippen molar-refractivity contribution in [1.82, 2.24) is 0 Å². The van der Waals surface area contributed by atoms with E-state index in [0.717, 1.165) is 12.8 Å². The first kappa shape index (κ1) is 43.3. The lowest BCUT2D eigenvalue weighted by Crippen LogP contribution is -2.08. The van der Waals surface area contributed by atoms with Gasteiger partial charge in [0.25, 0.3) is 0 Å². The van der Waals surface area contributed by atoms with Crippen LogP contribution in [0.5, 0.6) is 0 Å². The molecule has 0 bridgehead atoms. The van der Waals surface area contributed by atoms with Crippen LogP contribution >= 0.6 is 0 Å². The Morgan fingerprint density at radius 2 is 0.795 bits per heavy atom. The molecule has 0 spiro atoms. The van der Waals surface area contributed by atoms with Crippen LogP contribution < -0.4 is 0 Å². The van der Waals surface area contributed by atoms with Gasteiger partial charge in [0.15, 0.2) is 0 Å². The first-order chi connectivity index (χ1) is 18.1. The van der Waals surface area contributed by atoms with Crippen molar-refractivity contribution in [1.29, 1.82) is 0 Å². The first-order valence-electron chi connectivity index (χ1n) is 13.3. The van der Waals surface area contributed by atoms with Gasteiger partial charge in [-0.2, -0.15) is 0 Å². The van der Waals surface area contributed by atoms with Gasteiger partial charge in [-0.05, 0) is 57.8 Å². The Hall–Kier alpha value is -2.77. The number of carbonyl (C=O) groups excluding carboxylic acids is 2. The Labute approximate surface area is 230 Å². The monoisotopic (exact) mass is 570 g/mol. The summed E-state index contributed by atoms with van der Waals surface area (Å²) in [5.41, 5.74) is 0. The lowest BCUT2D eigenvalue weighted by atomic mass is 10.2. The summed E-state index contributed by atoms with van der Waals surface area (Å²) in [5, 5.41) is 41.5. The Morgan fingerprint density at radius 1 is 0.487 bits per heavy atom. The van der Waals surface area contributed by atoms with Gasteiger partial charge in [-0.15, -0.1) is 0 Å². The van der Waals surface area contributed by atoms with E-state index in [2.05, 4.69) is 6.92 Å². The van der Waals surface area contributed by atoms with E-state index in [0.29, 0.717) is 64.6 Å². The number of hydrogen-bond donors (Lipinski definition) is 5. The highest BCUT2D eigenvalue weighted by Gasteiger charge is 2.06. The van der Waals surface area contributed by atoms with E-state index in [4.69, 9.17) is 35.0 Å². The van der Waals surface area contributed by atoms with Crippen LogP contribution in [0.25, 0.3) is 0 Å². The molecule has 232 valence electrons. The van der Waals surface area contributed by atoms with Crippen molar-refractivity contribution in [3.05, 3.63) is 0 Å². The standard InChI is InChI=1S/C15H26O7.C6H10O4.C5H12O.H2O/c16-10-4-6-12-22-15(20)9-2-1-8-14(19)21-11-5-3-7-13(17)18;7-5(8)3-1-2-4-6(9)10;1-2-3-4-5-6;/h16H,1-12H2,(H,17,18);1-4H2,(H,7,8)(H,9,10);6H,2-5H2,1H3;1H2. The number of aliphatic carboxylic acids is 3. The zero-order valence-electron chi connectivity index (χ0n) is 23.2. The van der Waals surface area contributed by atoms with E-state index < -0.39 is 17.9 Å². The zero-order valence-corrected chi connectivity index (χ0v) is 23.2. The summed E-state index contributed by atoms with van der Waals surface area (Å²) in [6, 6.07) is 0. The van der Waals surface area contributed by atoms with Gasteiger partial charge in [-0.25, -0.2) is 0 Å². The Bertz CT molecular complexity index is 589. The topological polar surface area (TPSA) is 236 Å². The van der Waals surface area contributed by atoms with E-state index in [1.54, 1.807) is 0 Å². The minimum Gasteiger partial charge on any atom is -0.481 e. The van der Waals surface area contributed by atoms with Crippen molar-refractivity contribution >= 4 is 29.8 Å². The molecule has 0 radical (unpaired) electrons. The van der Waals surface area contributed by atoms with Crippen LogP contribution in [0.15, 0.2) is 0 Å². The highest BCUT2D eigenvalue weighted by atomic mass is 16.5. The second-order valence-electron chi connectivity index (χ2n) is 8.35. The van der Waals surface area contributed by atoms with Gasteiger partial charge in [0.05, 0.1) is 13.2 Å². The average Bonchev–Trinajstić information content (AvgIpc) is 2.86. The SMILES string of the molecule is CCCCCO.O.O=C(O)CCCCC(=O)O.O=C(O)CCCCOC(=O)CCCCC(=O)OCCCCO. The van der Waals surface area contributed by atoms with Crippen LogP contribution in [0, 0.1) is 0 Å². The number of ether oxygens (including phenoxy) is 2. The van der Waals surface area contributed by atoms with Crippen molar-refractivity contribution in [2.24, 2.45) is 0 Å². The predicted molar refractivity (Wildman–Crippen MR) is 142 cm³/mol. The minimum atomic E-state index is -0.870. The minimum absolute atomic E-state index is 0. The van der Waals surface area contributed by atoms with E-state index in [9.17, 15) is 24.0 Å². The third-order valence-electron chi connectivity index (χ3n) is 4.67. The lowest BCUT2D eigenvalue weighted by Gasteiger charge is -2.05. The van der Waals surface area contributed by atoms with Gasteiger partial charge in [0.2, 0.25) is 0 Å². The predicted octanol–water partition coefficient (Wildman–Crippen LogP) is 2.72. The molecule has 0 amide bonds. The second kappa shape index (κ2) is 35.2. The van der Waals surface area contributed by atoms with Gasteiger partial charge in [0, 0.05) is 45.3 Å². The molecule has 39 heavy (non-hydrogen) atoms. The molecule has 0 aromatic carbocycles. The Morgan fingerprint density at radius 3 is 1.10 bits per heavy atom. The van der Waals surface area contributed by atoms with Crippen molar-refractivity contribution < 1.29 is 64.5 Å². The maximum absolute atomic E-state index is 11.4. The largest absolute Gasteiger partial charge is 0.481 e. The summed E-state index contributed by atoms with van der Waals surface area (Å²) in [6.07, 6.45) is 8.36. The summed E-state index contributed by atoms with van der Waals surface area (Å²) in [6.45, 7) is 3.12. The number of hydrogen-bond acceptors (Lipinski definition) is 9. The summed E-state index contributed by atoms with van der Waals surface area (Å²) in [4.78, 5) is 52.7. The molecular weight excluding hydrogens is 520 g/mol. The van der Waals surface area contributed by atoms with E-state index in [1.165, 1.54) is 6.42 Å². The molecule has 0 aromatic rings. The number of carboxylic acids is 3. The molecule has 0 saturated heterocycles.